The number of carboxylic acid groups (broad SMARTS) is 1. The van der Waals surface area contributed by atoms with Gasteiger partial charge in [0.05, 0.1) is 12.2 Å². The second-order valence-corrected chi connectivity index (χ2v) is 9.50. The largest absolute Gasteiger partial charge is 0.478 e. The average Bonchev–Trinajstić information content (AvgIpc) is 3.28. The Hall–Kier alpha value is -2.30. The highest BCUT2D eigenvalue weighted by Crippen LogP contribution is 2.36. The zero-order chi connectivity index (χ0) is 23.7. The maximum atomic E-state index is 11.0. The number of hydrogen-bond acceptors (Lipinski definition) is 7. The van der Waals surface area contributed by atoms with Gasteiger partial charge in [0.1, 0.15) is 30.5 Å². The summed E-state index contributed by atoms with van der Waals surface area (Å²) in [6, 6.07) is 15.8. The van der Waals surface area contributed by atoms with Crippen molar-refractivity contribution in [3.8, 4) is 10.4 Å². The highest BCUT2D eigenvalue weighted by Gasteiger charge is 2.44. The fourth-order valence-electron chi connectivity index (χ4n) is 3.88. The summed E-state index contributed by atoms with van der Waals surface area (Å²) in [7, 11) is 0. The number of carboxylic acids is 1. The summed E-state index contributed by atoms with van der Waals surface area (Å²) in [6.45, 7) is -0.493. The van der Waals surface area contributed by atoms with E-state index in [-0.39, 0.29) is 5.56 Å². The molecule has 0 bridgehead atoms. The quantitative estimate of drug-likeness (QED) is 0.359. The summed E-state index contributed by atoms with van der Waals surface area (Å²) in [5.41, 5.74) is 2.51. The molecule has 0 radical (unpaired) electrons. The first kappa shape index (κ1) is 23.8. The van der Waals surface area contributed by atoms with Crippen molar-refractivity contribution in [1.29, 1.82) is 0 Å². The van der Waals surface area contributed by atoms with Gasteiger partial charge in [0.15, 0.2) is 0 Å². The Balaban J connectivity index is 1.55. The third kappa shape index (κ3) is 4.97. The van der Waals surface area contributed by atoms with Gasteiger partial charge in [0.2, 0.25) is 0 Å². The number of aliphatic hydroxyl groups excluding tert-OH is 4. The molecule has 7 nitrogen and oxygen atoms in total. The lowest BCUT2D eigenvalue weighted by Gasteiger charge is -2.40. The van der Waals surface area contributed by atoms with E-state index in [0.717, 1.165) is 20.9 Å². The maximum absolute atomic E-state index is 11.0. The van der Waals surface area contributed by atoms with Crippen LogP contribution in [0.25, 0.3) is 10.4 Å². The van der Waals surface area contributed by atoms with Crippen LogP contribution in [0.3, 0.4) is 0 Å². The van der Waals surface area contributed by atoms with E-state index >= 15 is 0 Å². The first-order valence-electron chi connectivity index (χ1n) is 10.3. The first-order chi connectivity index (χ1) is 15.8. The number of thiophene rings is 1. The van der Waals surface area contributed by atoms with E-state index in [9.17, 15) is 25.2 Å². The van der Waals surface area contributed by atoms with Gasteiger partial charge in [0.25, 0.3) is 0 Å². The van der Waals surface area contributed by atoms with Crippen LogP contribution in [0.2, 0.25) is 5.02 Å². The average molecular weight is 491 g/mol. The minimum absolute atomic E-state index is 0.229. The topological polar surface area (TPSA) is 127 Å². The molecule has 0 unspecified atom stereocenters. The lowest BCUT2D eigenvalue weighted by molar-refractivity contribution is -0.231. The molecule has 5 atom stereocenters. The van der Waals surface area contributed by atoms with Gasteiger partial charge in [0, 0.05) is 21.2 Å². The Labute approximate surface area is 199 Å². The summed E-state index contributed by atoms with van der Waals surface area (Å²) in [5, 5.41) is 49.6. The Kier molecular flexibility index (Phi) is 7.16. The molecule has 1 aromatic heterocycles. The zero-order valence-corrected chi connectivity index (χ0v) is 18.9. The molecule has 0 aliphatic carbocycles. The molecule has 0 spiro atoms. The highest BCUT2D eigenvalue weighted by atomic mass is 35.5. The Morgan fingerprint density at radius 1 is 0.970 bits per heavy atom. The predicted molar refractivity (Wildman–Crippen MR) is 124 cm³/mol. The van der Waals surface area contributed by atoms with Crippen LogP contribution in [0.5, 0.6) is 0 Å². The molecule has 0 saturated carbocycles. The van der Waals surface area contributed by atoms with Crippen molar-refractivity contribution < 1.29 is 35.1 Å². The molecule has 1 aliphatic heterocycles. The molecule has 9 heteroatoms. The van der Waals surface area contributed by atoms with Gasteiger partial charge in [-0.2, -0.15) is 0 Å². The summed E-state index contributed by atoms with van der Waals surface area (Å²) < 4.78 is 5.66. The van der Waals surface area contributed by atoms with Crippen molar-refractivity contribution >= 4 is 28.9 Å². The van der Waals surface area contributed by atoms with E-state index in [1.165, 1.54) is 0 Å². The molecule has 0 amide bonds. The van der Waals surface area contributed by atoms with Gasteiger partial charge >= 0.3 is 5.97 Å². The summed E-state index contributed by atoms with van der Waals surface area (Å²) in [5.74, 6) is -0.970. The van der Waals surface area contributed by atoms with Gasteiger partial charge < -0.3 is 30.3 Å². The van der Waals surface area contributed by atoms with Crippen LogP contribution in [0.1, 0.15) is 32.5 Å². The second-order valence-electron chi connectivity index (χ2n) is 7.93. The van der Waals surface area contributed by atoms with Crippen molar-refractivity contribution in [3.05, 3.63) is 81.2 Å². The number of ether oxygens (including phenoxy) is 1. The van der Waals surface area contributed by atoms with Crippen LogP contribution in [0.15, 0.2) is 54.6 Å². The smallest absolute Gasteiger partial charge is 0.335 e. The molecule has 33 heavy (non-hydrogen) atoms. The standard InChI is InChI=1S/C24H23ClO7S/c25-17-7-5-14(23-22(29)21(28)20(27)18(11-26)32-23)9-15(17)10-16-6-8-19(33-16)12-1-3-13(4-2-12)24(30)31/h1-9,18,20-23,26-29H,10-11H2,(H,30,31)/t18-,20-,21+,22-,23+/m1/s1. The number of aromatic carboxylic acids is 1. The summed E-state index contributed by atoms with van der Waals surface area (Å²) >= 11 is 7.97. The molecule has 2 aromatic carbocycles. The van der Waals surface area contributed by atoms with Gasteiger partial charge in [-0.05, 0) is 47.0 Å². The molecule has 1 fully saturated rings. The Bertz CT molecular complexity index is 1130. The van der Waals surface area contributed by atoms with Crippen molar-refractivity contribution in [2.24, 2.45) is 0 Å². The van der Waals surface area contributed by atoms with Crippen molar-refractivity contribution in [2.75, 3.05) is 6.61 Å². The Morgan fingerprint density at radius 2 is 1.70 bits per heavy atom. The molecular weight excluding hydrogens is 468 g/mol. The molecule has 3 aromatic rings. The minimum Gasteiger partial charge on any atom is -0.478 e. The van der Waals surface area contributed by atoms with Gasteiger partial charge in [-0.25, -0.2) is 4.79 Å². The first-order valence-corrected chi connectivity index (χ1v) is 11.5. The number of halogens is 1. The highest BCUT2D eigenvalue weighted by molar-refractivity contribution is 7.15. The number of hydrogen-bond donors (Lipinski definition) is 5. The summed E-state index contributed by atoms with van der Waals surface area (Å²) in [6.07, 6.45) is -5.63. The number of aliphatic hydroxyl groups is 4. The fraction of sp³-hybridized carbons (Fsp3) is 0.292. The van der Waals surface area contributed by atoms with Gasteiger partial charge in [-0.1, -0.05) is 35.9 Å². The zero-order valence-electron chi connectivity index (χ0n) is 17.3. The maximum Gasteiger partial charge on any atom is 0.335 e. The molecule has 1 aliphatic rings. The van der Waals surface area contributed by atoms with E-state index in [1.54, 1.807) is 53.8 Å². The van der Waals surface area contributed by atoms with Crippen LogP contribution in [0, 0.1) is 0 Å². The van der Waals surface area contributed by atoms with Crippen LogP contribution < -0.4 is 0 Å². The van der Waals surface area contributed by atoms with Crippen LogP contribution in [-0.4, -0.2) is 62.5 Å². The lowest BCUT2D eigenvalue weighted by Crippen LogP contribution is -2.55. The Morgan fingerprint density at radius 3 is 2.36 bits per heavy atom. The van der Waals surface area contributed by atoms with E-state index < -0.39 is 43.1 Å². The molecular formula is C24H23ClO7S. The van der Waals surface area contributed by atoms with Crippen molar-refractivity contribution in [1.82, 2.24) is 0 Å². The minimum atomic E-state index is -1.45. The molecule has 5 N–H and O–H groups in total. The lowest BCUT2D eigenvalue weighted by atomic mass is 9.90. The molecule has 4 rings (SSSR count). The SMILES string of the molecule is O=C(O)c1ccc(-c2ccc(Cc3cc([C@@H]4O[C@H](CO)[C@@H](O)[C@H](O)[C@H]4O)ccc3Cl)s2)cc1. The predicted octanol–water partition coefficient (Wildman–Crippen LogP) is 2.87. The summed E-state index contributed by atoms with van der Waals surface area (Å²) in [4.78, 5) is 13.1. The second kappa shape index (κ2) is 9.90. The molecule has 174 valence electrons. The van der Waals surface area contributed by atoms with E-state index in [2.05, 4.69) is 0 Å². The molecule has 2 heterocycles. The van der Waals surface area contributed by atoms with Gasteiger partial charge in [-0.3, -0.25) is 0 Å². The fourth-order valence-corrected chi connectivity index (χ4v) is 5.10. The van der Waals surface area contributed by atoms with E-state index in [4.69, 9.17) is 21.4 Å². The molecule has 1 saturated heterocycles. The van der Waals surface area contributed by atoms with E-state index in [0.29, 0.717) is 17.0 Å². The van der Waals surface area contributed by atoms with Crippen LogP contribution in [0.4, 0.5) is 0 Å². The normalized spacial score (nSPS) is 25.2. The third-order valence-electron chi connectivity index (χ3n) is 5.73. The van der Waals surface area contributed by atoms with Crippen LogP contribution >= 0.6 is 22.9 Å². The number of carbonyl (C=O) groups is 1. The van der Waals surface area contributed by atoms with E-state index in [1.807, 2.05) is 12.1 Å². The van der Waals surface area contributed by atoms with Gasteiger partial charge in [-0.15, -0.1) is 11.3 Å². The van der Waals surface area contributed by atoms with Crippen LogP contribution in [-0.2, 0) is 11.2 Å². The monoisotopic (exact) mass is 490 g/mol. The number of rotatable bonds is 6. The van der Waals surface area contributed by atoms with Crippen molar-refractivity contribution in [3.63, 3.8) is 0 Å². The number of benzene rings is 2. The third-order valence-corrected chi connectivity index (χ3v) is 7.24. The van der Waals surface area contributed by atoms with Crippen molar-refractivity contribution in [2.45, 2.75) is 36.9 Å².